The van der Waals surface area contributed by atoms with Crippen molar-refractivity contribution in [3.8, 4) is 5.95 Å². The van der Waals surface area contributed by atoms with Gasteiger partial charge in [0.15, 0.2) is 0 Å². The Morgan fingerprint density at radius 2 is 1.90 bits per heavy atom. The maximum absolute atomic E-state index is 4.57. The van der Waals surface area contributed by atoms with Crippen LogP contribution in [0.1, 0.15) is 31.7 Å². The SMILES string of the molecule is CCCNc1nc(N2CCCC2)nc(-n2cc(C)cn2)n1. The highest BCUT2D eigenvalue weighted by molar-refractivity contribution is 5.40. The summed E-state index contributed by atoms with van der Waals surface area (Å²) in [6.07, 6.45) is 7.14. The van der Waals surface area contributed by atoms with Crippen LogP contribution in [-0.2, 0) is 0 Å². The average molecular weight is 287 g/mol. The van der Waals surface area contributed by atoms with Crippen LogP contribution in [0.3, 0.4) is 0 Å². The number of nitrogens with zero attached hydrogens (tertiary/aromatic N) is 6. The van der Waals surface area contributed by atoms with E-state index in [0.717, 1.165) is 37.6 Å². The van der Waals surface area contributed by atoms with Gasteiger partial charge >= 0.3 is 0 Å². The lowest BCUT2D eigenvalue weighted by atomic mass is 10.4. The van der Waals surface area contributed by atoms with Gasteiger partial charge < -0.3 is 10.2 Å². The molecular formula is C14H21N7. The summed E-state index contributed by atoms with van der Waals surface area (Å²) < 4.78 is 1.70. The standard InChI is InChI=1S/C14H21N7/c1-3-6-15-12-17-13(20-7-4-5-8-20)19-14(18-12)21-10-11(2)9-16-21/h9-10H,3-8H2,1-2H3,(H,15,17,18,19). The van der Waals surface area contributed by atoms with Crippen LogP contribution in [-0.4, -0.2) is 44.4 Å². The maximum Gasteiger partial charge on any atom is 0.257 e. The third kappa shape index (κ3) is 3.12. The first-order valence-corrected chi connectivity index (χ1v) is 7.53. The van der Waals surface area contributed by atoms with Crippen LogP contribution in [0.2, 0.25) is 0 Å². The van der Waals surface area contributed by atoms with Crippen LogP contribution < -0.4 is 10.2 Å². The first-order valence-electron chi connectivity index (χ1n) is 7.53. The minimum Gasteiger partial charge on any atom is -0.354 e. The van der Waals surface area contributed by atoms with Crippen molar-refractivity contribution >= 4 is 11.9 Å². The fraction of sp³-hybridized carbons (Fsp3) is 0.571. The molecule has 3 heterocycles. The van der Waals surface area contributed by atoms with Crippen LogP contribution in [0.4, 0.5) is 11.9 Å². The first-order chi connectivity index (χ1) is 10.3. The van der Waals surface area contributed by atoms with E-state index < -0.39 is 0 Å². The molecule has 1 N–H and O–H groups in total. The van der Waals surface area contributed by atoms with Gasteiger partial charge in [0.2, 0.25) is 11.9 Å². The zero-order chi connectivity index (χ0) is 14.7. The van der Waals surface area contributed by atoms with Crippen molar-refractivity contribution < 1.29 is 0 Å². The molecule has 0 atom stereocenters. The molecule has 112 valence electrons. The van der Waals surface area contributed by atoms with Crippen molar-refractivity contribution in [2.24, 2.45) is 0 Å². The summed E-state index contributed by atoms with van der Waals surface area (Å²) in [6.45, 7) is 6.99. The molecule has 0 aromatic carbocycles. The van der Waals surface area contributed by atoms with Gasteiger partial charge in [0.05, 0.1) is 6.20 Å². The number of hydrogen-bond acceptors (Lipinski definition) is 6. The third-order valence-electron chi connectivity index (χ3n) is 3.45. The number of hydrogen-bond donors (Lipinski definition) is 1. The Balaban J connectivity index is 1.95. The fourth-order valence-electron chi connectivity index (χ4n) is 2.35. The zero-order valence-electron chi connectivity index (χ0n) is 12.6. The largest absolute Gasteiger partial charge is 0.354 e. The lowest BCUT2D eigenvalue weighted by Crippen LogP contribution is -2.23. The summed E-state index contributed by atoms with van der Waals surface area (Å²) in [4.78, 5) is 15.8. The van der Waals surface area contributed by atoms with E-state index >= 15 is 0 Å². The number of rotatable bonds is 5. The normalized spacial score (nSPS) is 14.7. The summed E-state index contributed by atoms with van der Waals surface area (Å²) in [5.41, 5.74) is 1.08. The van der Waals surface area contributed by atoms with Gasteiger partial charge in [-0.25, -0.2) is 4.68 Å². The highest BCUT2D eigenvalue weighted by atomic mass is 15.4. The van der Waals surface area contributed by atoms with Gasteiger partial charge in [-0.05, 0) is 31.7 Å². The molecule has 0 amide bonds. The molecule has 7 heteroatoms. The lowest BCUT2D eigenvalue weighted by molar-refractivity contribution is 0.776. The van der Waals surface area contributed by atoms with Crippen molar-refractivity contribution in [3.63, 3.8) is 0 Å². The molecule has 21 heavy (non-hydrogen) atoms. The Morgan fingerprint density at radius 1 is 1.14 bits per heavy atom. The molecule has 0 spiro atoms. The Bertz CT molecular complexity index is 601. The quantitative estimate of drug-likeness (QED) is 0.904. The van der Waals surface area contributed by atoms with Crippen LogP contribution in [0.15, 0.2) is 12.4 Å². The Hall–Kier alpha value is -2.18. The van der Waals surface area contributed by atoms with Crippen molar-refractivity contribution in [3.05, 3.63) is 18.0 Å². The van der Waals surface area contributed by atoms with Gasteiger partial charge in [-0.3, -0.25) is 0 Å². The lowest BCUT2D eigenvalue weighted by Gasteiger charge is -2.16. The zero-order valence-corrected chi connectivity index (χ0v) is 12.6. The van der Waals surface area contributed by atoms with E-state index in [9.17, 15) is 0 Å². The second-order valence-corrected chi connectivity index (χ2v) is 5.34. The van der Waals surface area contributed by atoms with Gasteiger partial charge in [-0.15, -0.1) is 0 Å². The van der Waals surface area contributed by atoms with Crippen molar-refractivity contribution in [1.29, 1.82) is 0 Å². The monoisotopic (exact) mass is 287 g/mol. The Labute approximate surface area is 124 Å². The van der Waals surface area contributed by atoms with E-state index in [2.05, 4.69) is 37.2 Å². The van der Waals surface area contributed by atoms with Gasteiger partial charge in [-0.2, -0.15) is 20.1 Å². The minimum atomic E-state index is 0.568. The molecule has 0 aliphatic carbocycles. The van der Waals surface area contributed by atoms with E-state index in [4.69, 9.17) is 0 Å². The molecule has 0 bridgehead atoms. The molecule has 2 aromatic heterocycles. The summed E-state index contributed by atoms with van der Waals surface area (Å²) in [7, 11) is 0. The number of anilines is 2. The van der Waals surface area contributed by atoms with Gasteiger partial charge in [0.1, 0.15) is 0 Å². The van der Waals surface area contributed by atoms with Gasteiger partial charge in [-0.1, -0.05) is 6.92 Å². The smallest absolute Gasteiger partial charge is 0.257 e. The molecule has 1 aliphatic rings. The molecule has 1 fully saturated rings. The van der Waals surface area contributed by atoms with Gasteiger partial charge in [0.25, 0.3) is 5.95 Å². The third-order valence-corrected chi connectivity index (χ3v) is 3.45. The number of aromatic nitrogens is 5. The van der Waals surface area contributed by atoms with E-state index in [1.165, 1.54) is 12.8 Å². The molecule has 0 radical (unpaired) electrons. The average Bonchev–Trinajstić information content (AvgIpc) is 3.16. The van der Waals surface area contributed by atoms with Crippen molar-refractivity contribution in [2.45, 2.75) is 33.1 Å². The van der Waals surface area contributed by atoms with Crippen molar-refractivity contribution in [2.75, 3.05) is 29.9 Å². The maximum atomic E-state index is 4.57. The molecular weight excluding hydrogens is 266 g/mol. The van der Waals surface area contributed by atoms with E-state index in [-0.39, 0.29) is 0 Å². The van der Waals surface area contributed by atoms with E-state index in [0.29, 0.717) is 11.9 Å². The molecule has 7 nitrogen and oxygen atoms in total. The Morgan fingerprint density at radius 3 is 2.57 bits per heavy atom. The fourth-order valence-corrected chi connectivity index (χ4v) is 2.35. The highest BCUT2D eigenvalue weighted by Crippen LogP contribution is 2.18. The summed E-state index contributed by atoms with van der Waals surface area (Å²) in [5, 5.41) is 7.54. The predicted octanol–water partition coefficient (Wildman–Crippen LogP) is 1.79. The summed E-state index contributed by atoms with van der Waals surface area (Å²) in [6, 6.07) is 0. The number of aryl methyl sites for hydroxylation is 1. The van der Waals surface area contributed by atoms with E-state index in [1.807, 2.05) is 13.1 Å². The highest BCUT2D eigenvalue weighted by Gasteiger charge is 2.18. The second-order valence-electron chi connectivity index (χ2n) is 5.34. The Kier molecular flexibility index (Phi) is 3.98. The van der Waals surface area contributed by atoms with E-state index in [1.54, 1.807) is 10.9 Å². The first kappa shape index (κ1) is 13.8. The van der Waals surface area contributed by atoms with Crippen LogP contribution in [0.5, 0.6) is 0 Å². The van der Waals surface area contributed by atoms with Crippen molar-refractivity contribution in [1.82, 2.24) is 24.7 Å². The molecule has 1 saturated heterocycles. The molecule has 2 aromatic rings. The molecule has 3 rings (SSSR count). The van der Waals surface area contributed by atoms with Crippen LogP contribution in [0.25, 0.3) is 5.95 Å². The summed E-state index contributed by atoms with van der Waals surface area (Å²) >= 11 is 0. The summed E-state index contributed by atoms with van der Waals surface area (Å²) in [5.74, 6) is 1.93. The van der Waals surface area contributed by atoms with Crippen LogP contribution in [0, 0.1) is 6.92 Å². The topological polar surface area (TPSA) is 71.8 Å². The van der Waals surface area contributed by atoms with Gasteiger partial charge in [0, 0.05) is 25.8 Å². The molecule has 1 aliphatic heterocycles. The predicted molar refractivity (Wildman–Crippen MR) is 81.9 cm³/mol. The molecule has 0 unspecified atom stereocenters. The number of nitrogens with one attached hydrogen (secondary N) is 1. The minimum absolute atomic E-state index is 0.568. The van der Waals surface area contributed by atoms with Crippen LogP contribution >= 0.6 is 0 Å². The molecule has 0 saturated carbocycles. The second kappa shape index (κ2) is 6.07.